The fraction of sp³-hybridized carbons (Fsp3) is 0.600. The SMILES string of the molecule is O=C(NC1CCCC1)c1nn2c(C(F)(F)F)nnc2s1. The molecule has 2 aromatic heterocycles. The first kappa shape index (κ1) is 13.3. The van der Waals surface area contributed by atoms with Gasteiger partial charge in [0.2, 0.25) is 9.97 Å². The number of halogens is 3. The number of alkyl halides is 3. The maximum atomic E-state index is 12.6. The lowest BCUT2D eigenvalue weighted by Crippen LogP contribution is -2.32. The predicted molar refractivity (Wildman–Crippen MR) is 63.4 cm³/mol. The Labute approximate surface area is 115 Å². The lowest BCUT2D eigenvalue weighted by molar-refractivity contribution is -0.146. The summed E-state index contributed by atoms with van der Waals surface area (Å²) in [5.74, 6) is -1.68. The minimum Gasteiger partial charge on any atom is -0.347 e. The smallest absolute Gasteiger partial charge is 0.347 e. The van der Waals surface area contributed by atoms with Gasteiger partial charge in [-0.2, -0.15) is 17.7 Å². The number of aromatic nitrogens is 4. The molecule has 1 saturated carbocycles. The molecule has 0 unspecified atom stereocenters. The van der Waals surface area contributed by atoms with Gasteiger partial charge in [0.15, 0.2) is 0 Å². The van der Waals surface area contributed by atoms with Crippen LogP contribution in [0.4, 0.5) is 13.2 Å². The van der Waals surface area contributed by atoms with Gasteiger partial charge in [-0.05, 0) is 12.8 Å². The Morgan fingerprint density at radius 2 is 2.00 bits per heavy atom. The number of rotatable bonds is 2. The van der Waals surface area contributed by atoms with Crippen LogP contribution in [0.25, 0.3) is 4.96 Å². The summed E-state index contributed by atoms with van der Waals surface area (Å²) in [5.41, 5.74) is 0. The first-order valence-electron chi connectivity index (χ1n) is 6.05. The fourth-order valence-electron chi connectivity index (χ4n) is 2.20. The van der Waals surface area contributed by atoms with Crippen LogP contribution in [-0.4, -0.2) is 31.8 Å². The maximum absolute atomic E-state index is 12.6. The molecule has 0 aliphatic heterocycles. The van der Waals surface area contributed by atoms with Gasteiger partial charge >= 0.3 is 6.18 Å². The lowest BCUT2D eigenvalue weighted by atomic mass is 10.2. The van der Waals surface area contributed by atoms with Crippen LogP contribution in [0.15, 0.2) is 0 Å². The van der Waals surface area contributed by atoms with Crippen molar-refractivity contribution in [2.45, 2.75) is 37.9 Å². The highest BCUT2D eigenvalue weighted by molar-refractivity contribution is 7.18. The number of carbonyl (C=O) groups excluding carboxylic acids is 1. The van der Waals surface area contributed by atoms with E-state index >= 15 is 0 Å². The van der Waals surface area contributed by atoms with Crippen LogP contribution in [0.5, 0.6) is 0 Å². The summed E-state index contributed by atoms with van der Waals surface area (Å²) in [4.78, 5) is 11.9. The molecule has 0 spiro atoms. The van der Waals surface area contributed by atoms with Crippen LogP contribution in [0.1, 0.15) is 41.3 Å². The number of hydrogen-bond acceptors (Lipinski definition) is 5. The van der Waals surface area contributed by atoms with Crippen molar-refractivity contribution < 1.29 is 18.0 Å². The molecular formula is C10H10F3N5OS. The summed E-state index contributed by atoms with van der Waals surface area (Å²) in [6, 6.07) is 0.0823. The Morgan fingerprint density at radius 1 is 1.30 bits per heavy atom. The summed E-state index contributed by atoms with van der Waals surface area (Å²) in [6.07, 6.45) is -0.761. The van der Waals surface area contributed by atoms with E-state index in [0.29, 0.717) is 4.52 Å². The molecule has 1 aliphatic rings. The van der Waals surface area contributed by atoms with Crippen molar-refractivity contribution in [2.24, 2.45) is 0 Å². The van der Waals surface area contributed by atoms with Crippen LogP contribution in [0, 0.1) is 0 Å². The van der Waals surface area contributed by atoms with Crippen molar-refractivity contribution in [3.05, 3.63) is 10.8 Å². The normalized spacial score (nSPS) is 16.9. The Bertz CT molecular complexity index is 643. The van der Waals surface area contributed by atoms with Crippen LogP contribution in [0.2, 0.25) is 0 Å². The Morgan fingerprint density at radius 3 is 2.65 bits per heavy atom. The second-order valence-electron chi connectivity index (χ2n) is 4.58. The van der Waals surface area contributed by atoms with Gasteiger partial charge in [-0.3, -0.25) is 4.79 Å². The number of carbonyl (C=O) groups is 1. The van der Waals surface area contributed by atoms with Crippen LogP contribution < -0.4 is 5.32 Å². The molecule has 2 heterocycles. The Kier molecular flexibility index (Phi) is 3.11. The van der Waals surface area contributed by atoms with Crippen molar-refractivity contribution in [3.8, 4) is 0 Å². The van der Waals surface area contributed by atoms with Crippen molar-refractivity contribution in [3.63, 3.8) is 0 Å². The van der Waals surface area contributed by atoms with Crippen LogP contribution in [0.3, 0.4) is 0 Å². The van der Waals surface area contributed by atoms with Gasteiger partial charge in [-0.1, -0.05) is 24.2 Å². The zero-order chi connectivity index (χ0) is 14.3. The van der Waals surface area contributed by atoms with Gasteiger partial charge in [0, 0.05) is 6.04 Å². The number of amides is 1. The molecule has 0 aromatic carbocycles. The van der Waals surface area contributed by atoms with E-state index in [4.69, 9.17) is 0 Å². The van der Waals surface area contributed by atoms with E-state index in [-0.39, 0.29) is 16.0 Å². The van der Waals surface area contributed by atoms with E-state index in [2.05, 4.69) is 20.6 Å². The molecule has 0 radical (unpaired) electrons. The van der Waals surface area contributed by atoms with Crippen LogP contribution in [-0.2, 0) is 6.18 Å². The van der Waals surface area contributed by atoms with Gasteiger partial charge in [0.1, 0.15) is 0 Å². The number of nitrogens with zero attached hydrogens (tertiary/aromatic N) is 4. The largest absolute Gasteiger partial charge is 0.453 e. The van der Waals surface area contributed by atoms with Crippen LogP contribution >= 0.6 is 11.3 Å². The second kappa shape index (κ2) is 4.69. The molecule has 0 saturated heterocycles. The third-order valence-corrected chi connectivity index (χ3v) is 4.03. The molecule has 0 atom stereocenters. The van der Waals surface area contributed by atoms with E-state index in [0.717, 1.165) is 37.0 Å². The number of hydrogen-bond donors (Lipinski definition) is 1. The molecule has 10 heteroatoms. The Balaban J connectivity index is 1.85. The molecule has 1 fully saturated rings. The fourth-order valence-corrected chi connectivity index (χ4v) is 2.95. The predicted octanol–water partition coefficient (Wildman–Crippen LogP) is 1.88. The minimum absolute atomic E-state index is 0.0349. The van der Waals surface area contributed by atoms with E-state index in [9.17, 15) is 18.0 Å². The highest BCUT2D eigenvalue weighted by Gasteiger charge is 2.38. The maximum Gasteiger partial charge on any atom is 0.453 e. The highest BCUT2D eigenvalue weighted by Crippen LogP contribution is 2.29. The first-order valence-corrected chi connectivity index (χ1v) is 6.87. The zero-order valence-corrected chi connectivity index (χ0v) is 11.0. The topological polar surface area (TPSA) is 72.2 Å². The standard InChI is InChI=1S/C10H10F3N5OS/c11-10(12,13)8-15-16-9-18(8)17-7(20-9)6(19)14-5-3-1-2-4-5/h5H,1-4H2,(H,14,19). The van der Waals surface area contributed by atoms with Gasteiger partial charge in [0.25, 0.3) is 11.7 Å². The summed E-state index contributed by atoms with van der Waals surface area (Å²) >= 11 is 0.792. The second-order valence-corrected chi connectivity index (χ2v) is 5.53. The number of nitrogens with one attached hydrogen (secondary N) is 1. The van der Waals surface area contributed by atoms with Crippen molar-refractivity contribution >= 4 is 22.2 Å². The lowest BCUT2D eigenvalue weighted by Gasteiger charge is -2.09. The third kappa shape index (κ3) is 2.35. The average Bonchev–Trinajstić information content (AvgIpc) is 3.01. The minimum atomic E-state index is -4.65. The van der Waals surface area contributed by atoms with Crippen molar-refractivity contribution in [2.75, 3.05) is 0 Å². The molecule has 3 rings (SSSR count). The van der Waals surface area contributed by atoms with E-state index in [1.54, 1.807) is 0 Å². The first-order chi connectivity index (χ1) is 9.45. The zero-order valence-electron chi connectivity index (χ0n) is 10.1. The van der Waals surface area contributed by atoms with E-state index in [1.807, 2.05) is 0 Å². The van der Waals surface area contributed by atoms with E-state index in [1.165, 1.54) is 0 Å². The van der Waals surface area contributed by atoms with Gasteiger partial charge < -0.3 is 5.32 Å². The number of fused-ring (bicyclic) bond motifs is 1. The molecular weight excluding hydrogens is 295 g/mol. The molecule has 1 aliphatic carbocycles. The summed E-state index contributed by atoms with van der Waals surface area (Å²) in [7, 11) is 0. The van der Waals surface area contributed by atoms with Gasteiger partial charge in [0.05, 0.1) is 0 Å². The summed E-state index contributed by atoms with van der Waals surface area (Å²) in [5, 5.41) is 12.8. The molecule has 0 bridgehead atoms. The third-order valence-electron chi connectivity index (χ3n) is 3.13. The molecule has 6 nitrogen and oxygen atoms in total. The average molecular weight is 305 g/mol. The molecule has 2 aromatic rings. The van der Waals surface area contributed by atoms with Gasteiger partial charge in [-0.15, -0.1) is 15.3 Å². The quantitative estimate of drug-likeness (QED) is 0.919. The van der Waals surface area contributed by atoms with Crippen molar-refractivity contribution in [1.82, 2.24) is 25.1 Å². The van der Waals surface area contributed by atoms with Crippen molar-refractivity contribution in [1.29, 1.82) is 0 Å². The Hall–Kier alpha value is -1.71. The monoisotopic (exact) mass is 305 g/mol. The molecule has 108 valence electrons. The molecule has 20 heavy (non-hydrogen) atoms. The molecule has 1 amide bonds. The summed E-state index contributed by atoms with van der Waals surface area (Å²) < 4.78 is 38.5. The highest BCUT2D eigenvalue weighted by atomic mass is 32.1. The summed E-state index contributed by atoms with van der Waals surface area (Å²) in [6.45, 7) is 0. The molecule has 1 N–H and O–H groups in total. The van der Waals surface area contributed by atoms with Gasteiger partial charge in [-0.25, -0.2) is 0 Å². The van der Waals surface area contributed by atoms with E-state index < -0.39 is 17.9 Å².